The topological polar surface area (TPSA) is 3.24 Å². The number of hydrogen-bond donors (Lipinski definition) is 0. The summed E-state index contributed by atoms with van der Waals surface area (Å²) in [5.74, 6) is 0. The van der Waals surface area contributed by atoms with E-state index in [1.165, 1.54) is 148 Å². The first-order chi connectivity index (χ1) is 16.7. The molecular weight excluding hydrogens is 410 g/mol. The maximum Gasteiger partial charge on any atom is 0.00891 e. The lowest BCUT2D eigenvalue weighted by molar-refractivity contribution is 0.251. The molecule has 0 spiro atoms. The fourth-order valence-electron chi connectivity index (χ4n) is 4.90. The zero-order valence-corrected chi connectivity index (χ0v) is 24.3. The van der Waals surface area contributed by atoms with Crippen LogP contribution in [-0.4, -0.2) is 25.0 Å². The second-order valence-corrected chi connectivity index (χ2v) is 11.0. The van der Waals surface area contributed by atoms with Crippen LogP contribution < -0.4 is 0 Å². The third-order valence-electron chi connectivity index (χ3n) is 7.36. The van der Waals surface area contributed by atoms with Crippen molar-refractivity contribution in [1.29, 1.82) is 0 Å². The zero-order valence-electron chi connectivity index (χ0n) is 24.3. The molecule has 0 amide bonds. The van der Waals surface area contributed by atoms with Crippen LogP contribution in [-0.2, 0) is 0 Å². The minimum atomic E-state index is 0.812. The van der Waals surface area contributed by atoms with Crippen molar-refractivity contribution in [3.63, 3.8) is 0 Å². The number of hydrogen-bond acceptors (Lipinski definition) is 1. The molecule has 34 heavy (non-hydrogen) atoms. The molecule has 0 saturated heterocycles. The molecule has 0 aliphatic heterocycles. The van der Waals surface area contributed by atoms with E-state index in [1.54, 1.807) is 0 Å². The Hall–Kier alpha value is -0.560. The second kappa shape index (κ2) is 28.7. The van der Waals surface area contributed by atoms with Gasteiger partial charge in [-0.25, -0.2) is 0 Å². The first-order valence-electron chi connectivity index (χ1n) is 15.7. The predicted molar refractivity (Wildman–Crippen MR) is 158 cm³/mol. The normalized spacial score (nSPS) is 13.1. The van der Waals surface area contributed by atoms with E-state index in [0.29, 0.717) is 0 Å². The molecule has 202 valence electrons. The van der Waals surface area contributed by atoms with Crippen molar-refractivity contribution in [3.05, 3.63) is 24.3 Å². The summed E-state index contributed by atoms with van der Waals surface area (Å²) in [4.78, 5) is 2.48. The summed E-state index contributed by atoms with van der Waals surface area (Å²) in [7, 11) is 4.57. The summed E-state index contributed by atoms with van der Waals surface area (Å²) in [6.45, 7) is 4.58. The lowest BCUT2D eigenvalue weighted by atomic mass is 9.99. The average molecular weight is 476 g/mol. The van der Waals surface area contributed by atoms with E-state index in [9.17, 15) is 0 Å². The fraction of sp³-hybridized carbons (Fsp3) is 0.879. The third-order valence-corrected chi connectivity index (χ3v) is 7.36. The first-order valence-corrected chi connectivity index (χ1v) is 15.7. The zero-order chi connectivity index (χ0) is 25.0. The minimum absolute atomic E-state index is 0.812. The van der Waals surface area contributed by atoms with Crippen molar-refractivity contribution in [2.45, 2.75) is 174 Å². The fourth-order valence-corrected chi connectivity index (χ4v) is 4.90. The highest BCUT2D eigenvalue weighted by Crippen LogP contribution is 2.17. The molecule has 1 nitrogen and oxygen atoms in total. The molecule has 1 atom stereocenters. The van der Waals surface area contributed by atoms with Crippen LogP contribution in [0.4, 0.5) is 0 Å². The molecule has 0 heterocycles. The Bertz CT molecular complexity index is 422. The Morgan fingerprint density at radius 3 is 1.24 bits per heavy atom. The highest BCUT2D eigenvalue weighted by molar-refractivity contribution is 4.92. The van der Waals surface area contributed by atoms with E-state index in [0.717, 1.165) is 12.5 Å². The average Bonchev–Trinajstić information content (AvgIpc) is 2.83. The minimum Gasteiger partial charge on any atom is -0.306 e. The predicted octanol–water partition coefficient (Wildman–Crippen LogP) is 11.4. The summed E-state index contributed by atoms with van der Waals surface area (Å²) in [6.07, 6.45) is 42.9. The number of rotatable bonds is 27. The number of nitrogens with zero attached hydrogens (tertiary/aromatic N) is 1. The number of allylic oxidation sites excluding steroid dienone is 4. The Morgan fingerprint density at radius 1 is 0.441 bits per heavy atom. The van der Waals surface area contributed by atoms with Crippen LogP contribution >= 0.6 is 0 Å². The summed E-state index contributed by atoms with van der Waals surface area (Å²) in [6, 6.07) is 0.812. The molecule has 0 fully saturated rings. The van der Waals surface area contributed by atoms with Gasteiger partial charge in [-0.05, 0) is 59.0 Å². The molecule has 0 rings (SSSR count). The van der Waals surface area contributed by atoms with E-state index < -0.39 is 0 Å². The van der Waals surface area contributed by atoms with Crippen LogP contribution in [0.1, 0.15) is 168 Å². The van der Waals surface area contributed by atoms with Gasteiger partial charge in [0, 0.05) is 6.04 Å². The Balaban J connectivity index is 3.42. The molecule has 0 aromatic heterocycles. The monoisotopic (exact) mass is 476 g/mol. The van der Waals surface area contributed by atoms with Crippen molar-refractivity contribution in [2.75, 3.05) is 14.1 Å². The van der Waals surface area contributed by atoms with Crippen molar-refractivity contribution < 1.29 is 0 Å². The summed E-state index contributed by atoms with van der Waals surface area (Å²) in [5.41, 5.74) is 0. The lowest BCUT2D eigenvalue weighted by Gasteiger charge is -2.24. The van der Waals surface area contributed by atoms with Gasteiger partial charge in [-0.3, -0.25) is 0 Å². The van der Waals surface area contributed by atoms with Gasteiger partial charge in [-0.2, -0.15) is 0 Å². The van der Waals surface area contributed by atoms with Gasteiger partial charge in [0.2, 0.25) is 0 Å². The molecule has 1 unspecified atom stereocenters. The molecule has 0 saturated carbocycles. The van der Waals surface area contributed by atoms with Crippen molar-refractivity contribution in [2.24, 2.45) is 0 Å². The maximum absolute atomic E-state index is 2.48. The molecule has 1 heteroatoms. The van der Waals surface area contributed by atoms with Crippen molar-refractivity contribution in [3.8, 4) is 0 Å². The highest BCUT2D eigenvalue weighted by Gasteiger charge is 2.10. The van der Waals surface area contributed by atoms with Gasteiger partial charge >= 0.3 is 0 Å². The van der Waals surface area contributed by atoms with Gasteiger partial charge in [-0.15, -0.1) is 0 Å². The second-order valence-electron chi connectivity index (χ2n) is 11.0. The van der Waals surface area contributed by atoms with Crippen LogP contribution in [0.25, 0.3) is 0 Å². The maximum atomic E-state index is 2.48. The van der Waals surface area contributed by atoms with Crippen LogP contribution in [0.2, 0.25) is 0 Å². The van der Waals surface area contributed by atoms with Gasteiger partial charge < -0.3 is 4.90 Å². The molecule has 0 radical (unpaired) electrons. The largest absolute Gasteiger partial charge is 0.306 e. The van der Waals surface area contributed by atoms with E-state index >= 15 is 0 Å². The Morgan fingerprint density at radius 2 is 0.794 bits per heavy atom. The van der Waals surface area contributed by atoms with Gasteiger partial charge in [0.25, 0.3) is 0 Å². The molecule has 0 aliphatic rings. The SMILES string of the molecule is CCCCC/C=C/C/C=C/CCCCCCCCCCCC(CCCCCCCCC)N(C)C. The van der Waals surface area contributed by atoms with Crippen molar-refractivity contribution in [1.82, 2.24) is 4.90 Å². The Kier molecular flexibility index (Phi) is 28.2. The first kappa shape index (κ1) is 33.4. The van der Waals surface area contributed by atoms with Gasteiger partial charge in [0.1, 0.15) is 0 Å². The van der Waals surface area contributed by atoms with Crippen molar-refractivity contribution >= 4 is 0 Å². The summed E-state index contributed by atoms with van der Waals surface area (Å²) < 4.78 is 0. The van der Waals surface area contributed by atoms with E-state index in [2.05, 4.69) is 57.1 Å². The van der Waals surface area contributed by atoms with Crippen LogP contribution in [0, 0.1) is 0 Å². The molecule has 0 aromatic rings. The van der Waals surface area contributed by atoms with Gasteiger partial charge in [0.05, 0.1) is 0 Å². The molecule has 0 aromatic carbocycles. The lowest BCUT2D eigenvalue weighted by Crippen LogP contribution is -2.27. The molecule has 0 bridgehead atoms. The molecule has 0 N–H and O–H groups in total. The number of unbranched alkanes of at least 4 members (excludes halogenated alkanes) is 18. The van der Waals surface area contributed by atoms with Gasteiger partial charge in [0.15, 0.2) is 0 Å². The highest BCUT2D eigenvalue weighted by atomic mass is 15.1. The molecule has 0 aliphatic carbocycles. The quantitative estimate of drug-likeness (QED) is 0.0843. The third kappa shape index (κ3) is 26.1. The van der Waals surface area contributed by atoms with Crippen LogP contribution in [0.3, 0.4) is 0 Å². The summed E-state index contributed by atoms with van der Waals surface area (Å²) >= 11 is 0. The van der Waals surface area contributed by atoms with Crippen LogP contribution in [0.15, 0.2) is 24.3 Å². The van der Waals surface area contributed by atoms with Crippen LogP contribution in [0.5, 0.6) is 0 Å². The van der Waals surface area contributed by atoms with Gasteiger partial charge in [-0.1, -0.05) is 147 Å². The molecular formula is C33H65N. The standard InChI is InChI=1S/C33H65N/c1-5-7-9-11-13-14-15-16-17-18-19-20-21-22-23-24-26-28-30-32-33(34(3)4)31-29-27-25-12-10-8-6-2/h13-14,16-17,33H,5-12,15,18-32H2,1-4H3/b14-13+,17-16+. The van der Waals surface area contributed by atoms with E-state index in [-0.39, 0.29) is 0 Å². The Labute approximate surface area is 217 Å². The van der Waals surface area contributed by atoms with E-state index in [1.807, 2.05) is 0 Å². The van der Waals surface area contributed by atoms with E-state index in [4.69, 9.17) is 0 Å². The summed E-state index contributed by atoms with van der Waals surface area (Å²) in [5, 5.41) is 0. The smallest absolute Gasteiger partial charge is 0.00891 e.